The van der Waals surface area contributed by atoms with Crippen molar-refractivity contribution in [3.05, 3.63) is 29.6 Å². The van der Waals surface area contributed by atoms with Crippen LogP contribution in [0.2, 0.25) is 0 Å². The molecule has 1 aliphatic heterocycles. The van der Waals surface area contributed by atoms with E-state index in [4.69, 9.17) is 0 Å². The van der Waals surface area contributed by atoms with Crippen LogP contribution in [0.3, 0.4) is 0 Å². The molecule has 2 aliphatic rings. The molecule has 0 unspecified atom stereocenters. The minimum absolute atomic E-state index is 0.0475. The van der Waals surface area contributed by atoms with Gasteiger partial charge in [-0.05, 0) is 37.5 Å². The van der Waals surface area contributed by atoms with E-state index in [2.05, 4.69) is 5.32 Å². The van der Waals surface area contributed by atoms with E-state index < -0.39 is 36.1 Å². The summed E-state index contributed by atoms with van der Waals surface area (Å²) < 4.78 is 13.8. The first-order valence-corrected chi connectivity index (χ1v) is 8.13. The Hall–Kier alpha value is -2.77. The van der Waals surface area contributed by atoms with E-state index in [1.807, 2.05) is 0 Å². The lowest BCUT2D eigenvalue weighted by Gasteiger charge is -2.20. The van der Waals surface area contributed by atoms with Gasteiger partial charge >= 0.3 is 17.8 Å². The molecular weight excluding hydrogens is 329 g/mol. The first kappa shape index (κ1) is 17.1. The SMILES string of the molecule is Cc1ccc(NC(=O)CN2C(=O)C(=O)N(C3CCCC3)C2=O)c(F)c1. The lowest BCUT2D eigenvalue weighted by Crippen LogP contribution is -2.41. The standard InChI is InChI=1S/C17H18FN3O4/c1-10-6-7-13(12(18)8-10)19-14(22)9-20-15(23)16(24)21(17(20)25)11-4-2-3-5-11/h6-8,11H,2-5,9H2,1H3,(H,19,22). The summed E-state index contributed by atoms with van der Waals surface area (Å²) in [5.41, 5.74) is 0.645. The van der Waals surface area contributed by atoms with Crippen molar-refractivity contribution in [2.75, 3.05) is 11.9 Å². The molecule has 1 aromatic rings. The monoisotopic (exact) mass is 347 g/mol. The van der Waals surface area contributed by atoms with Gasteiger partial charge < -0.3 is 5.32 Å². The summed E-state index contributed by atoms with van der Waals surface area (Å²) in [6.07, 6.45) is 3.12. The number of carbonyl (C=O) groups is 4. The van der Waals surface area contributed by atoms with Crippen LogP contribution >= 0.6 is 0 Å². The van der Waals surface area contributed by atoms with Gasteiger partial charge in [-0.1, -0.05) is 18.9 Å². The van der Waals surface area contributed by atoms with Crippen molar-refractivity contribution in [3.63, 3.8) is 0 Å². The molecule has 5 amide bonds. The third-order valence-corrected chi connectivity index (χ3v) is 4.47. The Morgan fingerprint density at radius 1 is 1.20 bits per heavy atom. The topological polar surface area (TPSA) is 86.8 Å². The van der Waals surface area contributed by atoms with Crippen LogP contribution in [0.5, 0.6) is 0 Å². The molecule has 0 bridgehead atoms. The van der Waals surface area contributed by atoms with Crippen LogP contribution in [0.4, 0.5) is 14.9 Å². The molecule has 7 nitrogen and oxygen atoms in total. The second-order valence-corrected chi connectivity index (χ2v) is 6.32. The van der Waals surface area contributed by atoms with Crippen molar-refractivity contribution in [2.24, 2.45) is 0 Å². The van der Waals surface area contributed by atoms with Crippen LogP contribution in [-0.2, 0) is 14.4 Å². The number of hydrogen-bond donors (Lipinski definition) is 1. The van der Waals surface area contributed by atoms with Crippen LogP contribution in [0.15, 0.2) is 18.2 Å². The lowest BCUT2D eigenvalue weighted by atomic mass is 10.2. The average molecular weight is 347 g/mol. The maximum atomic E-state index is 13.8. The van der Waals surface area contributed by atoms with Crippen molar-refractivity contribution >= 4 is 29.4 Å². The van der Waals surface area contributed by atoms with Crippen molar-refractivity contribution in [2.45, 2.75) is 38.6 Å². The first-order valence-electron chi connectivity index (χ1n) is 8.13. The van der Waals surface area contributed by atoms with Gasteiger partial charge in [0.1, 0.15) is 12.4 Å². The van der Waals surface area contributed by atoms with Gasteiger partial charge in [-0.25, -0.2) is 14.1 Å². The fourth-order valence-electron chi connectivity index (χ4n) is 3.20. The summed E-state index contributed by atoms with van der Waals surface area (Å²) in [5, 5.41) is 2.31. The number of nitrogens with one attached hydrogen (secondary N) is 1. The number of carbonyl (C=O) groups excluding carboxylic acids is 4. The zero-order chi connectivity index (χ0) is 18.1. The fourth-order valence-corrected chi connectivity index (χ4v) is 3.20. The number of nitrogens with zero attached hydrogens (tertiary/aromatic N) is 2. The molecule has 0 atom stereocenters. The van der Waals surface area contributed by atoms with Gasteiger partial charge in [0.15, 0.2) is 0 Å². The summed E-state index contributed by atoms with van der Waals surface area (Å²) in [7, 11) is 0. The minimum Gasteiger partial charge on any atom is -0.322 e. The Labute approximate surface area is 143 Å². The third-order valence-electron chi connectivity index (χ3n) is 4.47. The van der Waals surface area contributed by atoms with Crippen LogP contribution in [-0.4, -0.2) is 46.1 Å². The van der Waals surface area contributed by atoms with E-state index in [-0.39, 0.29) is 11.7 Å². The predicted octanol–water partition coefficient (Wildman–Crippen LogP) is 1.81. The Bertz CT molecular complexity index is 758. The first-order chi connectivity index (χ1) is 11.9. The molecule has 25 heavy (non-hydrogen) atoms. The molecule has 3 rings (SSSR count). The van der Waals surface area contributed by atoms with Crippen LogP contribution in [0.25, 0.3) is 0 Å². The van der Waals surface area contributed by atoms with Gasteiger partial charge in [-0.3, -0.25) is 19.3 Å². The second kappa shape index (κ2) is 6.62. The molecule has 1 saturated heterocycles. The van der Waals surface area contributed by atoms with Gasteiger partial charge in [0, 0.05) is 6.04 Å². The summed E-state index contributed by atoms with van der Waals surface area (Å²) in [6, 6.07) is 3.21. The lowest BCUT2D eigenvalue weighted by molar-refractivity contribution is -0.144. The number of halogens is 1. The fraction of sp³-hybridized carbons (Fsp3) is 0.412. The second-order valence-electron chi connectivity index (χ2n) is 6.32. The van der Waals surface area contributed by atoms with Crippen molar-refractivity contribution in [1.82, 2.24) is 9.80 Å². The number of hydrogen-bond acceptors (Lipinski definition) is 4. The highest BCUT2D eigenvalue weighted by molar-refractivity contribution is 6.45. The zero-order valence-corrected chi connectivity index (χ0v) is 13.8. The number of anilines is 1. The van der Waals surface area contributed by atoms with Crippen LogP contribution in [0, 0.1) is 12.7 Å². The van der Waals surface area contributed by atoms with E-state index in [1.165, 1.54) is 12.1 Å². The summed E-state index contributed by atoms with van der Waals surface area (Å²) in [4.78, 5) is 50.1. The molecule has 8 heteroatoms. The molecule has 1 heterocycles. The highest BCUT2D eigenvalue weighted by atomic mass is 19.1. The number of aryl methyl sites for hydroxylation is 1. The van der Waals surface area contributed by atoms with Crippen LogP contribution in [0.1, 0.15) is 31.2 Å². The molecule has 1 aliphatic carbocycles. The molecule has 1 N–H and O–H groups in total. The van der Waals surface area contributed by atoms with Crippen molar-refractivity contribution in [1.29, 1.82) is 0 Å². The molecule has 1 aromatic carbocycles. The van der Waals surface area contributed by atoms with Gasteiger partial charge in [-0.15, -0.1) is 0 Å². The third kappa shape index (κ3) is 3.24. The molecular formula is C17H18FN3O4. The Morgan fingerprint density at radius 2 is 1.88 bits per heavy atom. The van der Waals surface area contributed by atoms with E-state index in [0.29, 0.717) is 23.3 Å². The van der Waals surface area contributed by atoms with Crippen molar-refractivity contribution < 1.29 is 23.6 Å². The molecule has 132 valence electrons. The Morgan fingerprint density at radius 3 is 2.52 bits per heavy atom. The number of imide groups is 2. The zero-order valence-electron chi connectivity index (χ0n) is 13.8. The van der Waals surface area contributed by atoms with Gasteiger partial charge in [0.05, 0.1) is 5.69 Å². The highest BCUT2D eigenvalue weighted by Crippen LogP contribution is 2.27. The molecule has 2 fully saturated rings. The summed E-state index contributed by atoms with van der Waals surface area (Å²) >= 11 is 0. The van der Waals surface area contributed by atoms with Crippen LogP contribution < -0.4 is 5.32 Å². The van der Waals surface area contributed by atoms with E-state index >= 15 is 0 Å². The normalized spacial score (nSPS) is 18.4. The predicted molar refractivity (Wildman–Crippen MR) is 86.0 cm³/mol. The molecule has 0 radical (unpaired) electrons. The number of urea groups is 1. The van der Waals surface area contributed by atoms with Crippen molar-refractivity contribution in [3.8, 4) is 0 Å². The smallest absolute Gasteiger partial charge is 0.322 e. The minimum atomic E-state index is -1.02. The van der Waals surface area contributed by atoms with E-state index in [0.717, 1.165) is 17.7 Å². The maximum Gasteiger partial charge on any atom is 0.334 e. The Balaban J connectivity index is 1.69. The summed E-state index contributed by atoms with van der Waals surface area (Å²) in [5.74, 6) is -3.27. The molecule has 1 saturated carbocycles. The van der Waals surface area contributed by atoms with E-state index in [9.17, 15) is 23.6 Å². The van der Waals surface area contributed by atoms with E-state index in [1.54, 1.807) is 13.0 Å². The Kier molecular flexibility index (Phi) is 4.52. The summed E-state index contributed by atoms with van der Waals surface area (Å²) in [6.45, 7) is 1.08. The highest BCUT2D eigenvalue weighted by Gasteiger charge is 2.48. The molecule has 0 aromatic heterocycles. The number of benzene rings is 1. The van der Waals surface area contributed by atoms with Gasteiger partial charge in [-0.2, -0.15) is 0 Å². The average Bonchev–Trinajstić information content (AvgIpc) is 3.14. The number of rotatable bonds is 4. The number of amides is 5. The largest absolute Gasteiger partial charge is 0.334 e. The molecule has 0 spiro atoms. The van der Waals surface area contributed by atoms with Gasteiger partial charge in [0.25, 0.3) is 0 Å². The maximum absolute atomic E-state index is 13.8. The quantitative estimate of drug-likeness (QED) is 0.665. The van der Waals surface area contributed by atoms with Gasteiger partial charge in [0.2, 0.25) is 5.91 Å².